The summed E-state index contributed by atoms with van der Waals surface area (Å²) in [7, 11) is 0. The van der Waals surface area contributed by atoms with E-state index in [1.54, 1.807) is 4.80 Å². The number of aromatic hydroxyl groups is 1. The van der Waals surface area contributed by atoms with Crippen molar-refractivity contribution in [2.24, 2.45) is 0 Å². The summed E-state index contributed by atoms with van der Waals surface area (Å²) < 4.78 is 0. The molecule has 2 aromatic carbocycles. The average Bonchev–Trinajstić information content (AvgIpc) is 3.10. The van der Waals surface area contributed by atoms with Gasteiger partial charge >= 0.3 is 0 Å². The van der Waals surface area contributed by atoms with Gasteiger partial charge < -0.3 is 5.11 Å². The van der Waals surface area contributed by atoms with Gasteiger partial charge in [-0.25, -0.2) is 0 Å². The normalized spacial score (nSPS) is 11.3. The molecule has 0 saturated heterocycles. The molecule has 3 rings (SSSR count). The lowest BCUT2D eigenvalue weighted by Crippen LogP contribution is -2.02. The van der Waals surface area contributed by atoms with Crippen LogP contribution in [-0.4, -0.2) is 20.1 Å². The van der Waals surface area contributed by atoms with Crippen LogP contribution in [0.1, 0.15) is 69.4 Å². The largest absolute Gasteiger partial charge is 0.505 e. The first-order valence-electron chi connectivity index (χ1n) is 10.3. The Morgan fingerprint density at radius 1 is 0.852 bits per heavy atom. The molecule has 0 saturated carbocycles. The zero-order chi connectivity index (χ0) is 19.1. The van der Waals surface area contributed by atoms with Crippen LogP contribution in [0.25, 0.3) is 16.7 Å². The molecular formula is C23H31N3O. The highest BCUT2D eigenvalue weighted by Gasteiger charge is 2.13. The number of nitrogens with zero attached hydrogens (tertiary/aromatic N) is 3. The van der Waals surface area contributed by atoms with Crippen LogP contribution in [0, 0.1) is 6.92 Å². The molecule has 0 aliphatic rings. The summed E-state index contributed by atoms with van der Waals surface area (Å²) in [6, 6.07) is 11.8. The second kappa shape index (κ2) is 9.54. The van der Waals surface area contributed by atoms with Gasteiger partial charge in [0.2, 0.25) is 0 Å². The number of hydrogen-bond donors (Lipinski definition) is 1. The molecule has 144 valence electrons. The number of aryl methyl sites for hydroxylation is 2. The SMILES string of the molecule is CCCCCCCCCCc1cc(C)cc(-n2nc3ccccc3n2)c1O. The van der Waals surface area contributed by atoms with Crippen LogP contribution in [0.15, 0.2) is 36.4 Å². The molecule has 0 fully saturated rings. The van der Waals surface area contributed by atoms with Crippen molar-refractivity contribution in [3.63, 3.8) is 0 Å². The van der Waals surface area contributed by atoms with Crippen molar-refractivity contribution in [3.8, 4) is 11.4 Å². The van der Waals surface area contributed by atoms with Crippen molar-refractivity contribution in [3.05, 3.63) is 47.5 Å². The first-order valence-corrected chi connectivity index (χ1v) is 10.3. The lowest BCUT2D eigenvalue weighted by Gasteiger charge is -2.11. The Bertz CT molecular complexity index is 836. The smallest absolute Gasteiger partial charge is 0.146 e. The monoisotopic (exact) mass is 365 g/mol. The summed E-state index contributed by atoms with van der Waals surface area (Å²) in [5.74, 6) is 0.309. The molecule has 0 aliphatic heterocycles. The van der Waals surface area contributed by atoms with Crippen molar-refractivity contribution in [1.82, 2.24) is 15.0 Å². The maximum Gasteiger partial charge on any atom is 0.146 e. The fraction of sp³-hybridized carbons (Fsp3) is 0.478. The van der Waals surface area contributed by atoms with Gasteiger partial charge in [0.05, 0.1) is 0 Å². The highest BCUT2D eigenvalue weighted by atomic mass is 16.3. The molecule has 0 aliphatic carbocycles. The van der Waals surface area contributed by atoms with Gasteiger partial charge in [0.1, 0.15) is 22.5 Å². The Morgan fingerprint density at radius 2 is 1.44 bits per heavy atom. The second-order valence-electron chi connectivity index (χ2n) is 7.49. The number of phenols is 1. The lowest BCUT2D eigenvalue weighted by atomic mass is 10.0. The topological polar surface area (TPSA) is 50.9 Å². The number of aromatic nitrogens is 3. The van der Waals surface area contributed by atoms with Crippen LogP contribution in [0.5, 0.6) is 5.75 Å². The molecule has 27 heavy (non-hydrogen) atoms. The van der Waals surface area contributed by atoms with Crippen LogP contribution in [0.4, 0.5) is 0 Å². The predicted molar refractivity (Wildman–Crippen MR) is 112 cm³/mol. The van der Waals surface area contributed by atoms with Crippen molar-refractivity contribution < 1.29 is 5.11 Å². The number of hydrogen-bond acceptors (Lipinski definition) is 3. The minimum Gasteiger partial charge on any atom is -0.505 e. The van der Waals surface area contributed by atoms with E-state index >= 15 is 0 Å². The molecule has 1 N–H and O–H groups in total. The third-order valence-electron chi connectivity index (χ3n) is 5.11. The predicted octanol–water partition coefficient (Wildman–Crippen LogP) is 6.12. The Balaban J connectivity index is 1.63. The van der Waals surface area contributed by atoms with Crippen molar-refractivity contribution in [2.45, 2.75) is 71.6 Å². The Hall–Kier alpha value is -2.36. The molecule has 0 unspecified atom stereocenters. The van der Waals surface area contributed by atoms with E-state index in [2.05, 4.69) is 30.1 Å². The van der Waals surface area contributed by atoms with E-state index in [1.165, 1.54) is 44.9 Å². The zero-order valence-electron chi connectivity index (χ0n) is 16.6. The molecule has 4 heteroatoms. The summed E-state index contributed by atoms with van der Waals surface area (Å²) in [6.45, 7) is 4.31. The van der Waals surface area contributed by atoms with Gasteiger partial charge in [-0.1, -0.05) is 70.1 Å². The van der Waals surface area contributed by atoms with Gasteiger partial charge in [0.15, 0.2) is 0 Å². The van der Waals surface area contributed by atoms with E-state index in [9.17, 15) is 5.11 Å². The highest BCUT2D eigenvalue weighted by Crippen LogP contribution is 2.29. The van der Waals surface area contributed by atoms with E-state index in [1.807, 2.05) is 30.3 Å². The summed E-state index contributed by atoms with van der Waals surface area (Å²) in [4.78, 5) is 1.56. The molecule has 4 nitrogen and oxygen atoms in total. The minimum absolute atomic E-state index is 0.309. The molecular weight excluding hydrogens is 334 g/mol. The molecule has 0 amide bonds. The van der Waals surface area contributed by atoms with Crippen molar-refractivity contribution in [2.75, 3.05) is 0 Å². The molecule has 1 heterocycles. The molecule has 0 bridgehead atoms. The number of unbranched alkanes of at least 4 members (excludes halogenated alkanes) is 7. The number of phenolic OH excluding ortho intramolecular Hbond substituents is 1. The van der Waals surface area contributed by atoms with Gasteiger partial charge in [0, 0.05) is 0 Å². The molecule has 0 atom stereocenters. The number of benzene rings is 2. The van der Waals surface area contributed by atoms with Gasteiger partial charge in [-0.2, -0.15) is 0 Å². The first kappa shape index (κ1) is 19.4. The van der Waals surface area contributed by atoms with E-state index < -0.39 is 0 Å². The van der Waals surface area contributed by atoms with Gasteiger partial charge in [-0.15, -0.1) is 15.0 Å². The third kappa shape index (κ3) is 5.09. The number of rotatable bonds is 10. The summed E-state index contributed by atoms with van der Waals surface area (Å²) in [5, 5.41) is 19.8. The second-order valence-corrected chi connectivity index (χ2v) is 7.49. The standard InChI is InChI=1S/C23H31N3O/c1-3-4-5-6-7-8-9-10-13-19-16-18(2)17-22(23(19)27)26-24-20-14-11-12-15-21(20)25-26/h11-12,14-17,27H,3-10,13H2,1-2H3. The third-order valence-corrected chi connectivity index (χ3v) is 5.11. The van der Waals surface area contributed by atoms with Gasteiger partial charge in [-0.3, -0.25) is 0 Å². The maximum absolute atomic E-state index is 10.8. The highest BCUT2D eigenvalue weighted by molar-refractivity contribution is 5.73. The van der Waals surface area contributed by atoms with E-state index in [4.69, 9.17) is 0 Å². The van der Waals surface area contributed by atoms with Gasteiger partial charge in [-0.05, 0) is 49.1 Å². The van der Waals surface area contributed by atoms with Crippen molar-refractivity contribution in [1.29, 1.82) is 0 Å². The maximum atomic E-state index is 10.8. The van der Waals surface area contributed by atoms with Crippen LogP contribution < -0.4 is 0 Å². The summed E-state index contributed by atoms with van der Waals surface area (Å²) in [5.41, 5.74) is 4.46. The molecule has 0 radical (unpaired) electrons. The number of fused-ring (bicyclic) bond motifs is 1. The quantitative estimate of drug-likeness (QED) is 0.440. The summed E-state index contributed by atoms with van der Waals surface area (Å²) in [6.07, 6.45) is 11.2. The van der Waals surface area contributed by atoms with Crippen LogP contribution in [0.2, 0.25) is 0 Å². The first-order chi connectivity index (χ1) is 13.2. The van der Waals surface area contributed by atoms with Crippen molar-refractivity contribution >= 4 is 11.0 Å². The van der Waals surface area contributed by atoms with Gasteiger partial charge in [0.25, 0.3) is 0 Å². The molecule has 1 aromatic heterocycles. The van der Waals surface area contributed by atoms with Crippen LogP contribution in [-0.2, 0) is 6.42 Å². The Morgan fingerprint density at radius 3 is 2.07 bits per heavy atom. The summed E-state index contributed by atoms with van der Waals surface area (Å²) >= 11 is 0. The average molecular weight is 366 g/mol. The fourth-order valence-corrected chi connectivity index (χ4v) is 3.59. The van der Waals surface area contributed by atoms with E-state index in [0.717, 1.165) is 35.0 Å². The Kier molecular flexibility index (Phi) is 6.86. The Labute approximate surface area is 162 Å². The van der Waals surface area contributed by atoms with E-state index in [-0.39, 0.29) is 0 Å². The van der Waals surface area contributed by atoms with E-state index in [0.29, 0.717) is 11.4 Å². The fourth-order valence-electron chi connectivity index (χ4n) is 3.59. The molecule has 3 aromatic rings. The van der Waals surface area contributed by atoms with Crippen LogP contribution >= 0.6 is 0 Å². The molecule has 0 spiro atoms. The van der Waals surface area contributed by atoms with Crippen LogP contribution in [0.3, 0.4) is 0 Å². The lowest BCUT2D eigenvalue weighted by molar-refractivity contribution is 0.458. The zero-order valence-corrected chi connectivity index (χ0v) is 16.6. The minimum atomic E-state index is 0.309.